The molecular formula is C12H12I. The van der Waals surface area contributed by atoms with Crippen LogP contribution in [0.2, 0.25) is 0 Å². The van der Waals surface area contributed by atoms with Crippen LogP contribution in [0.1, 0.15) is 17.0 Å². The fourth-order valence-electron chi connectivity index (χ4n) is 1.10. The second-order valence-corrected chi connectivity index (χ2v) is 4.11. The van der Waals surface area contributed by atoms with Crippen LogP contribution in [0.25, 0.3) is 6.08 Å². The Kier molecular flexibility index (Phi) is 3.72. The van der Waals surface area contributed by atoms with Gasteiger partial charge in [0.25, 0.3) is 0 Å². The molecule has 0 aliphatic carbocycles. The molecule has 1 unspecified atom stereocenters. The van der Waals surface area contributed by atoms with E-state index in [1.54, 1.807) is 0 Å². The summed E-state index contributed by atoms with van der Waals surface area (Å²) in [6.45, 7) is 11.5. The normalized spacial score (nSPS) is 12.2. The van der Waals surface area contributed by atoms with Crippen LogP contribution in [-0.4, -0.2) is 0 Å². The molecule has 0 amide bonds. The first-order valence-electron chi connectivity index (χ1n) is 4.06. The van der Waals surface area contributed by atoms with Crippen LogP contribution < -0.4 is 0 Å². The summed E-state index contributed by atoms with van der Waals surface area (Å²) in [6.07, 6.45) is 3.69. The quantitative estimate of drug-likeness (QED) is 0.580. The summed E-state index contributed by atoms with van der Waals surface area (Å²) < 4.78 is 1.21. The molecule has 1 aromatic carbocycles. The van der Waals surface area contributed by atoms with Crippen molar-refractivity contribution in [3.05, 3.63) is 59.1 Å². The molecular weight excluding hydrogens is 271 g/mol. The Hall–Kier alpha value is -0.570. The van der Waals surface area contributed by atoms with E-state index in [2.05, 4.69) is 60.9 Å². The van der Waals surface area contributed by atoms with Crippen LogP contribution in [0, 0.1) is 10.5 Å². The van der Waals surface area contributed by atoms with Crippen molar-refractivity contribution in [1.29, 1.82) is 0 Å². The second kappa shape index (κ2) is 4.61. The van der Waals surface area contributed by atoms with Crippen molar-refractivity contribution >= 4 is 28.7 Å². The molecule has 0 heterocycles. The zero-order valence-corrected chi connectivity index (χ0v) is 9.62. The summed E-state index contributed by atoms with van der Waals surface area (Å²) in [4.78, 5) is 0. The molecule has 0 aliphatic rings. The van der Waals surface area contributed by atoms with Crippen molar-refractivity contribution in [2.24, 2.45) is 0 Å². The molecule has 67 valence electrons. The van der Waals surface area contributed by atoms with Crippen molar-refractivity contribution in [1.82, 2.24) is 0 Å². The van der Waals surface area contributed by atoms with Gasteiger partial charge in [-0.05, 0) is 52.8 Å². The highest BCUT2D eigenvalue weighted by Crippen LogP contribution is 2.21. The fraction of sp³-hybridized carbons (Fsp3) is 0.0833. The molecule has 0 saturated carbocycles. The third-order valence-electron chi connectivity index (χ3n) is 1.89. The molecule has 0 N–H and O–H groups in total. The SMILES string of the molecule is [CH2]C(C=C)c1cc(I)cc(C=C)c1. The summed E-state index contributed by atoms with van der Waals surface area (Å²) in [5.41, 5.74) is 2.33. The topological polar surface area (TPSA) is 0 Å². The van der Waals surface area contributed by atoms with Gasteiger partial charge in [0.2, 0.25) is 0 Å². The van der Waals surface area contributed by atoms with Crippen molar-refractivity contribution in [3.8, 4) is 0 Å². The third-order valence-corrected chi connectivity index (χ3v) is 2.51. The highest BCUT2D eigenvalue weighted by molar-refractivity contribution is 14.1. The summed E-state index contributed by atoms with van der Waals surface area (Å²) in [5, 5.41) is 0. The summed E-state index contributed by atoms with van der Waals surface area (Å²) in [5.74, 6) is 0.161. The standard InChI is InChI=1S/C12H12I/c1-4-9(3)11-6-10(5-2)7-12(13)8-11/h4-9H,1-3H2. The van der Waals surface area contributed by atoms with Gasteiger partial charge >= 0.3 is 0 Å². The highest BCUT2D eigenvalue weighted by Gasteiger charge is 2.02. The van der Waals surface area contributed by atoms with Crippen LogP contribution in [0.5, 0.6) is 0 Å². The molecule has 0 bridgehead atoms. The van der Waals surface area contributed by atoms with Gasteiger partial charge in [-0.2, -0.15) is 0 Å². The fourth-order valence-corrected chi connectivity index (χ4v) is 1.82. The first-order chi connectivity index (χ1) is 6.17. The Morgan fingerprint density at radius 2 is 1.92 bits per heavy atom. The maximum absolute atomic E-state index is 3.99. The lowest BCUT2D eigenvalue weighted by Crippen LogP contribution is -1.90. The predicted molar refractivity (Wildman–Crippen MR) is 67.5 cm³/mol. The Morgan fingerprint density at radius 3 is 2.46 bits per heavy atom. The van der Waals surface area contributed by atoms with E-state index >= 15 is 0 Å². The predicted octanol–water partition coefficient (Wildman–Crippen LogP) is 4.04. The monoisotopic (exact) mass is 283 g/mol. The minimum absolute atomic E-state index is 0.161. The molecule has 0 nitrogen and oxygen atoms in total. The molecule has 1 atom stereocenters. The minimum Gasteiger partial charge on any atom is -0.102 e. The van der Waals surface area contributed by atoms with Gasteiger partial charge in [-0.3, -0.25) is 0 Å². The van der Waals surface area contributed by atoms with Crippen molar-refractivity contribution in [3.63, 3.8) is 0 Å². The molecule has 0 aliphatic heterocycles. The lowest BCUT2D eigenvalue weighted by atomic mass is 9.99. The van der Waals surface area contributed by atoms with Crippen molar-refractivity contribution in [2.75, 3.05) is 0 Å². The number of hydrogen-bond donors (Lipinski definition) is 0. The van der Waals surface area contributed by atoms with E-state index in [1.807, 2.05) is 12.2 Å². The van der Waals surface area contributed by atoms with Crippen LogP contribution in [0.4, 0.5) is 0 Å². The summed E-state index contributed by atoms with van der Waals surface area (Å²) >= 11 is 2.29. The molecule has 13 heavy (non-hydrogen) atoms. The van der Waals surface area contributed by atoms with Crippen molar-refractivity contribution in [2.45, 2.75) is 5.92 Å². The van der Waals surface area contributed by atoms with Crippen LogP contribution in [0.15, 0.2) is 37.4 Å². The maximum Gasteiger partial charge on any atom is 0.0139 e. The van der Waals surface area contributed by atoms with Crippen molar-refractivity contribution < 1.29 is 0 Å². The zero-order valence-electron chi connectivity index (χ0n) is 7.46. The number of allylic oxidation sites excluding steroid dienone is 1. The van der Waals surface area contributed by atoms with E-state index in [0.29, 0.717) is 0 Å². The second-order valence-electron chi connectivity index (χ2n) is 2.86. The molecule has 0 spiro atoms. The third kappa shape index (κ3) is 2.69. The van der Waals surface area contributed by atoms with Gasteiger partial charge in [0.15, 0.2) is 0 Å². The first kappa shape index (κ1) is 10.5. The van der Waals surface area contributed by atoms with E-state index < -0.39 is 0 Å². The van der Waals surface area contributed by atoms with Gasteiger partial charge < -0.3 is 0 Å². The van der Waals surface area contributed by atoms with E-state index in [4.69, 9.17) is 0 Å². The van der Waals surface area contributed by atoms with Gasteiger partial charge in [0.1, 0.15) is 0 Å². The van der Waals surface area contributed by atoms with Crippen LogP contribution >= 0.6 is 22.6 Å². The van der Waals surface area contributed by atoms with E-state index in [9.17, 15) is 0 Å². The van der Waals surface area contributed by atoms with E-state index in [1.165, 1.54) is 9.13 Å². The highest BCUT2D eigenvalue weighted by atomic mass is 127. The first-order valence-corrected chi connectivity index (χ1v) is 5.14. The van der Waals surface area contributed by atoms with Gasteiger partial charge in [-0.1, -0.05) is 24.8 Å². The van der Waals surface area contributed by atoms with Crippen LogP contribution in [-0.2, 0) is 0 Å². The number of halogens is 1. The van der Waals surface area contributed by atoms with Gasteiger partial charge in [0.05, 0.1) is 0 Å². The number of rotatable bonds is 3. The van der Waals surface area contributed by atoms with E-state index in [0.717, 1.165) is 5.56 Å². The van der Waals surface area contributed by atoms with Gasteiger partial charge in [0, 0.05) is 9.49 Å². The molecule has 1 radical (unpaired) electrons. The molecule has 1 heteroatoms. The number of hydrogen-bond acceptors (Lipinski definition) is 0. The maximum atomic E-state index is 3.99. The molecule has 0 saturated heterocycles. The molecule has 1 rings (SSSR count). The summed E-state index contributed by atoms with van der Waals surface area (Å²) in [7, 11) is 0. The Balaban J connectivity index is 3.14. The lowest BCUT2D eigenvalue weighted by molar-refractivity contribution is 1.08. The Morgan fingerprint density at radius 1 is 1.23 bits per heavy atom. The smallest absolute Gasteiger partial charge is 0.0139 e. The zero-order chi connectivity index (χ0) is 9.84. The summed E-state index contributed by atoms with van der Waals surface area (Å²) in [6, 6.07) is 6.30. The average Bonchev–Trinajstić information content (AvgIpc) is 2.15. The van der Waals surface area contributed by atoms with Gasteiger partial charge in [-0.15, -0.1) is 6.58 Å². The molecule has 1 aromatic rings. The lowest BCUT2D eigenvalue weighted by Gasteiger charge is -2.07. The molecule has 0 fully saturated rings. The van der Waals surface area contributed by atoms with Gasteiger partial charge in [-0.25, -0.2) is 0 Å². The molecule has 0 aromatic heterocycles. The largest absolute Gasteiger partial charge is 0.102 e. The Bertz CT molecular complexity index is 326. The number of benzene rings is 1. The van der Waals surface area contributed by atoms with Crippen LogP contribution in [0.3, 0.4) is 0 Å². The minimum atomic E-state index is 0.161. The average molecular weight is 283 g/mol. The Labute approximate surface area is 93.5 Å². The van der Waals surface area contributed by atoms with E-state index in [-0.39, 0.29) is 5.92 Å².